The maximum atomic E-state index is 13.8. The minimum absolute atomic E-state index is 0.0684. The first-order chi connectivity index (χ1) is 20.1. The average molecular weight is 649 g/mol. The molecule has 6 rings (SSSR count). The van der Waals surface area contributed by atoms with Gasteiger partial charge in [0, 0.05) is 15.6 Å². The average Bonchev–Trinajstić information content (AvgIpc) is 3.61. The third-order valence-corrected chi connectivity index (χ3v) is 8.13. The summed E-state index contributed by atoms with van der Waals surface area (Å²) in [5.41, 5.74) is 0.153. The predicted octanol–water partition coefficient (Wildman–Crippen LogP) is 2.85. The number of ether oxygens (including phenoxy) is 2. The van der Waals surface area contributed by atoms with E-state index >= 15 is 0 Å². The molecule has 2 aliphatic heterocycles. The van der Waals surface area contributed by atoms with Crippen LogP contribution in [0.2, 0.25) is 0 Å². The predicted molar refractivity (Wildman–Crippen MR) is 145 cm³/mol. The molecule has 1 aromatic heterocycles. The topological polar surface area (TPSA) is 139 Å². The minimum atomic E-state index is -1.91. The van der Waals surface area contributed by atoms with E-state index in [1.54, 1.807) is 18.2 Å². The summed E-state index contributed by atoms with van der Waals surface area (Å²) < 4.78 is 54.7. The Kier molecular flexibility index (Phi) is 7.53. The zero-order valence-electron chi connectivity index (χ0n) is 21.6. The number of aliphatic hydroxyl groups is 3. The van der Waals surface area contributed by atoms with Crippen molar-refractivity contribution < 1.29 is 42.8 Å². The van der Waals surface area contributed by atoms with E-state index in [-0.39, 0.29) is 24.3 Å². The largest absolute Gasteiger partial charge is 0.394 e. The number of halogens is 4. The Balaban J connectivity index is 1.33. The number of aromatic nitrogens is 3. The van der Waals surface area contributed by atoms with E-state index in [0.29, 0.717) is 15.4 Å². The molecule has 14 heteroatoms. The first kappa shape index (κ1) is 28.7. The molecule has 0 unspecified atom stereocenters. The number of nitrogens with one attached hydrogen (secondary N) is 1. The van der Waals surface area contributed by atoms with Crippen molar-refractivity contribution >= 4 is 32.6 Å². The van der Waals surface area contributed by atoms with Gasteiger partial charge in [0.2, 0.25) is 5.79 Å². The van der Waals surface area contributed by atoms with Gasteiger partial charge in [-0.15, -0.1) is 5.10 Å². The van der Waals surface area contributed by atoms with E-state index in [0.717, 1.165) is 22.2 Å². The first-order valence-corrected chi connectivity index (χ1v) is 13.8. The minimum Gasteiger partial charge on any atom is -0.394 e. The van der Waals surface area contributed by atoms with Crippen molar-refractivity contribution in [2.75, 3.05) is 13.2 Å². The van der Waals surface area contributed by atoms with Crippen molar-refractivity contribution in [1.29, 1.82) is 0 Å². The van der Waals surface area contributed by atoms with Crippen LogP contribution in [0.15, 0.2) is 59.2 Å². The van der Waals surface area contributed by atoms with Gasteiger partial charge in [-0.2, -0.15) is 0 Å². The lowest BCUT2D eigenvalue weighted by molar-refractivity contribution is -0.344. The molecule has 1 amide bonds. The highest BCUT2D eigenvalue weighted by molar-refractivity contribution is 9.10. The van der Waals surface area contributed by atoms with E-state index in [1.165, 1.54) is 6.20 Å². The van der Waals surface area contributed by atoms with Gasteiger partial charge < -0.3 is 30.1 Å². The molecule has 2 aliphatic rings. The number of amides is 1. The summed E-state index contributed by atoms with van der Waals surface area (Å²) in [7, 11) is 0. The summed E-state index contributed by atoms with van der Waals surface area (Å²) >= 11 is 3.43. The summed E-state index contributed by atoms with van der Waals surface area (Å²) in [4.78, 5) is 13.6. The van der Waals surface area contributed by atoms with Gasteiger partial charge in [0.05, 0.1) is 25.5 Å². The quantitative estimate of drug-likeness (QED) is 0.242. The van der Waals surface area contributed by atoms with E-state index in [4.69, 9.17) is 9.47 Å². The van der Waals surface area contributed by atoms with Gasteiger partial charge >= 0.3 is 0 Å². The number of nitrogens with zero attached hydrogens (tertiary/aromatic N) is 3. The molecule has 2 fully saturated rings. The molecule has 42 heavy (non-hydrogen) atoms. The molecule has 0 saturated carbocycles. The van der Waals surface area contributed by atoms with Crippen LogP contribution in [0.25, 0.3) is 22.0 Å². The molecule has 3 aromatic carbocycles. The highest BCUT2D eigenvalue weighted by atomic mass is 79.9. The fraction of sp³-hybridized carbons (Fsp3) is 0.321. The number of benzene rings is 3. The first-order valence-electron chi connectivity index (χ1n) is 13.0. The number of rotatable bonds is 5. The monoisotopic (exact) mass is 648 g/mol. The van der Waals surface area contributed by atoms with Gasteiger partial charge in [0.25, 0.3) is 5.91 Å². The van der Waals surface area contributed by atoms with E-state index in [9.17, 15) is 33.3 Å². The molecular weight excluding hydrogens is 625 g/mol. The SMILES string of the molecule is O=C(N[C@@H]1CCO[C@]12O[C@H](CO)[C@H](O)[C@H](n1cc(-c3cc(F)c(F)c(F)c3)nn1)[C@H]2O)c1cc(Br)cc2ccccc12. The van der Waals surface area contributed by atoms with Gasteiger partial charge in [-0.3, -0.25) is 4.79 Å². The highest BCUT2D eigenvalue weighted by Crippen LogP contribution is 2.43. The third kappa shape index (κ3) is 4.77. The van der Waals surface area contributed by atoms with Crippen LogP contribution in [0, 0.1) is 17.5 Å². The molecule has 4 aromatic rings. The molecule has 220 valence electrons. The van der Waals surface area contributed by atoms with Crippen molar-refractivity contribution in [1.82, 2.24) is 20.3 Å². The Hall–Kier alpha value is -3.40. The van der Waals surface area contributed by atoms with E-state index < -0.39 is 66.1 Å². The van der Waals surface area contributed by atoms with Gasteiger partial charge in [0.15, 0.2) is 17.5 Å². The van der Waals surface area contributed by atoms with Crippen molar-refractivity contribution in [2.45, 2.75) is 42.6 Å². The van der Waals surface area contributed by atoms with Gasteiger partial charge in [-0.05, 0) is 41.5 Å². The highest BCUT2D eigenvalue weighted by Gasteiger charge is 2.62. The Bertz CT molecular complexity index is 1650. The number of carbonyl (C=O) groups excluding carboxylic acids is 1. The van der Waals surface area contributed by atoms with Crippen molar-refractivity contribution in [2.24, 2.45) is 0 Å². The van der Waals surface area contributed by atoms with Crippen LogP contribution in [0.1, 0.15) is 22.8 Å². The molecular formula is C28H24BrF3N4O6. The third-order valence-electron chi connectivity index (χ3n) is 7.67. The zero-order valence-corrected chi connectivity index (χ0v) is 23.2. The molecule has 0 radical (unpaired) electrons. The van der Waals surface area contributed by atoms with Crippen LogP contribution in [0.4, 0.5) is 13.2 Å². The second kappa shape index (κ2) is 11.0. The fourth-order valence-electron chi connectivity index (χ4n) is 5.64. The second-order valence-electron chi connectivity index (χ2n) is 10.2. The van der Waals surface area contributed by atoms with Crippen LogP contribution < -0.4 is 5.32 Å². The normalized spacial score (nSPS) is 27.5. The number of fused-ring (bicyclic) bond motifs is 1. The van der Waals surface area contributed by atoms with Crippen molar-refractivity contribution in [3.8, 4) is 11.3 Å². The van der Waals surface area contributed by atoms with Gasteiger partial charge in [-0.1, -0.05) is 45.4 Å². The Morgan fingerprint density at radius 1 is 1.14 bits per heavy atom. The van der Waals surface area contributed by atoms with Crippen LogP contribution in [-0.4, -0.2) is 79.6 Å². The Morgan fingerprint density at radius 2 is 1.88 bits per heavy atom. The van der Waals surface area contributed by atoms with Crippen LogP contribution in [0.3, 0.4) is 0 Å². The standard InChI is InChI=1S/C28H24BrF3N4O6/c29-15-7-13-3-1-2-4-16(13)17(10-15)27(40)33-22-5-6-41-28(22)26(39)24(25(38)21(12-37)42-28)36-11-20(34-35-36)14-8-18(30)23(32)19(31)9-14/h1-4,7-11,21-22,24-26,37-39H,5-6,12H2,(H,33,40)/t21-,22-,24+,25+,26-,28+/m1/s1. The Morgan fingerprint density at radius 3 is 2.62 bits per heavy atom. The lowest BCUT2D eigenvalue weighted by Gasteiger charge is -2.49. The zero-order chi connectivity index (χ0) is 29.8. The van der Waals surface area contributed by atoms with E-state index in [2.05, 4.69) is 31.6 Å². The van der Waals surface area contributed by atoms with Gasteiger partial charge in [0.1, 0.15) is 30.0 Å². The fourth-order valence-corrected chi connectivity index (χ4v) is 6.12. The van der Waals surface area contributed by atoms with Crippen LogP contribution >= 0.6 is 15.9 Å². The van der Waals surface area contributed by atoms with Crippen molar-refractivity contribution in [3.63, 3.8) is 0 Å². The molecule has 3 heterocycles. The van der Waals surface area contributed by atoms with Crippen molar-refractivity contribution in [3.05, 3.63) is 82.2 Å². The summed E-state index contributed by atoms with van der Waals surface area (Å²) in [6, 6.07) is 10.1. The summed E-state index contributed by atoms with van der Waals surface area (Å²) in [6.07, 6.45) is -3.06. The van der Waals surface area contributed by atoms with Crippen LogP contribution in [-0.2, 0) is 9.47 Å². The molecule has 4 N–H and O–H groups in total. The van der Waals surface area contributed by atoms with Crippen LogP contribution in [0.5, 0.6) is 0 Å². The maximum Gasteiger partial charge on any atom is 0.252 e. The second-order valence-corrected chi connectivity index (χ2v) is 11.1. The maximum absolute atomic E-state index is 13.8. The molecule has 1 spiro atoms. The summed E-state index contributed by atoms with van der Waals surface area (Å²) in [6.45, 7) is -0.610. The lowest BCUT2D eigenvalue weighted by Crippen LogP contribution is -2.69. The number of hydrogen-bond donors (Lipinski definition) is 4. The molecule has 2 saturated heterocycles. The van der Waals surface area contributed by atoms with Gasteiger partial charge in [-0.25, -0.2) is 17.9 Å². The molecule has 6 atom stereocenters. The number of aliphatic hydroxyl groups excluding tert-OH is 3. The molecule has 0 aliphatic carbocycles. The smallest absolute Gasteiger partial charge is 0.252 e. The van der Waals surface area contributed by atoms with E-state index in [1.807, 2.05) is 18.2 Å². The Labute approximate surface area is 244 Å². The number of hydrogen-bond acceptors (Lipinski definition) is 8. The summed E-state index contributed by atoms with van der Waals surface area (Å²) in [5, 5.41) is 44.9. The summed E-state index contributed by atoms with van der Waals surface area (Å²) in [5.74, 6) is -6.88. The number of carbonyl (C=O) groups is 1. The molecule has 0 bridgehead atoms. The molecule has 10 nitrogen and oxygen atoms in total. The lowest BCUT2D eigenvalue weighted by atomic mass is 9.86.